The second-order valence-corrected chi connectivity index (χ2v) is 2.53. The fourth-order valence-corrected chi connectivity index (χ4v) is 1.02. The number of furan rings is 1. The highest BCUT2D eigenvalue weighted by molar-refractivity contribution is 5.73. The van der Waals surface area contributed by atoms with Crippen molar-refractivity contribution in [3.8, 4) is 0 Å². The Labute approximate surface area is 73.0 Å². The minimum Gasteiger partial charge on any atom is -0.481 e. The van der Waals surface area contributed by atoms with Gasteiger partial charge >= 0.3 is 5.97 Å². The Morgan fingerprint density at radius 2 is 2.46 bits per heavy atom. The van der Waals surface area contributed by atoms with Crippen molar-refractivity contribution >= 4 is 17.1 Å². The molecule has 1 N–H and O–H groups in total. The third-order valence-electron chi connectivity index (χ3n) is 1.56. The molecule has 2 rings (SSSR count). The van der Waals surface area contributed by atoms with Crippen LogP contribution in [0.15, 0.2) is 22.9 Å². The summed E-state index contributed by atoms with van der Waals surface area (Å²) in [4.78, 5) is 18.2. The lowest BCUT2D eigenvalue weighted by Crippen LogP contribution is -2.04. The normalized spacial score (nSPS) is 10.5. The van der Waals surface area contributed by atoms with Crippen LogP contribution in [-0.2, 0) is 11.2 Å². The molecule has 0 aromatic carbocycles. The Hall–Kier alpha value is -1.91. The number of nitrogens with zero attached hydrogens (tertiary/aromatic N) is 2. The molecule has 0 aliphatic carbocycles. The molecule has 0 aliphatic rings. The minimum atomic E-state index is -0.942. The summed E-state index contributed by atoms with van der Waals surface area (Å²) >= 11 is 0. The maximum absolute atomic E-state index is 10.3. The van der Waals surface area contributed by atoms with Gasteiger partial charge in [0.1, 0.15) is 17.8 Å². The number of hydrogen-bond donors (Lipinski definition) is 1. The van der Waals surface area contributed by atoms with Gasteiger partial charge in [-0.3, -0.25) is 4.79 Å². The highest BCUT2D eigenvalue weighted by Crippen LogP contribution is 2.10. The Morgan fingerprint density at radius 1 is 1.62 bits per heavy atom. The fourth-order valence-electron chi connectivity index (χ4n) is 1.02. The number of fused-ring (bicyclic) bond motifs is 1. The van der Waals surface area contributed by atoms with Crippen LogP contribution in [0.25, 0.3) is 11.1 Å². The van der Waals surface area contributed by atoms with Crippen molar-refractivity contribution < 1.29 is 14.3 Å². The van der Waals surface area contributed by atoms with Crippen LogP contribution in [0.2, 0.25) is 0 Å². The predicted molar refractivity (Wildman–Crippen MR) is 43.1 cm³/mol. The summed E-state index contributed by atoms with van der Waals surface area (Å²) in [5.41, 5.74) is 1.19. The molecule has 66 valence electrons. The fraction of sp³-hybridized carbons (Fsp3) is 0.125. The van der Waals surface area contributed by atoms with Crippen molar-refractivity contribution in [1.82, 2.24) is 9.97 Å². The van der Waals surface area contributed by atoms with Crippen LogP contribution in [0.3, 0.4) is 0 Å². The summed E-state index contributed by atoms with van der Waals surface area (Å²) in [6.45, 7) is 0. The molecule has 13 heavy (non-hydrogen) atoms. The van der Waals surface area contributed by atoms with Crippen LogP contribution < -0.4 is 0 Å². The first kappa shape index (κ1) is 7.72. The molecule has 0 fully saturated rings. The first-order valence-corrected chi connectivity index (χ1v) is 3.66. The molecule has 5 nitrogen and oxygen atoms in total. The van der Waals surface area contributed by atoms with Crippen molar-refractivity contribution in [3.05, 3.63) is 24.4 Å². The molecule has 0 bridgehead atoms. The second kappa shape index (κ2) is 2.85. The van der Waals surface area contributed by atoms with Crippen LogP contribution >= 0.6 is 0 Å². The molecule has 0 atom stereocenters. The van der Waals surface area contributed by atoms with Crippen LogP contribution in [0, 0.1) is 0 Å². The quantitative estimate of drug-likeness (QED) is 0.737. The Bertz CT molecular complexity index is 449. The van der Waals surface area contributed by atoms with Crippen molar-refractivity contribution in [1.29, 1.82) is 0 Å². The minimum absolute atomic E-state index is 0.166. The molecule has 2 aromatic heterocycles. The van der Waals surface area contributed by atoms with Gasteiger partial charge in [0.05, 0.1) is 12.5 Å². The van der Waals surface area contributed by atoms with Crippen LogP contribution in [0.5, 0.6) is 0 Å². The lowest BCUT2D eigenvalue weighted by atomic mass is 10.4. The van der Waals surface area contributed by atoms with E-state index in [0.717, 1.165) is 0 Å². The number of carboxylic acid groups (broad SMARTS) is 1. The van der Waals surface area contributed by atoms with E-state index in [2.05, 4.69) is 9.97 Å². The second-order valence-electron chi connectivity index (χ2n) is 2.53. The summed E-state index contributed by atoms with van der Waals surface area (Å²) in [7, 11) is 0. The van der Waals surface area contributed by atoms with E-state index < -0.39 is 5.97 Å². The monoisotopic (exact) mass is 178 g/mol. The zero-order chi connectivity index (χ0) is 9.26. The lowest BCUT2D eigenvalue weighted by molar-refractivity contribution is -0.136. The van der Waals surface area contributed by atoms with Crippen molar-refractivity contribution in [3.63, 3.8) is 0 Å². The van der Waals surface area contributed by atoms with Crippen molar-refractivity contribution in [2.45, 2.75) is 6.42 Å². The van der Waals surface area contributed by atoms with Gasteiger partial charge in [-0.1, -0.05) is 0 Å². The highest BCUT2D eigenvalue weighted by Gasteiger charge is 2.05. The molecule has 0 saturated carbocycles. The van der Waals surface area contributed by atoms with E-state index in [1.54, 1.807) is 6.07 Å². The molecule has 0 amide bonds. The molecule has 2 aromatic rings. The average molecular weight is 178 g/mol. The van der Waals surface area contributed by atoms with Crippen LogP contribution in [-0.4, -0.2) is 21.0 Å². The molecular formula is C8H6N2O3. The highest BCUT2D eigenvalue weighted by atomic mass is 16.4. The van der Waals surface area contributed by atoms with Crippen molar-refractivity contribution in [2.24, 2.45) is 0 Å². The molecule has 2 heterocycles. The molecule has 0 unspecified atom stereocenters. The standard InChI is InChI=1S/C8H6N2O3/c11-8(12)3-7-9-4-6-5(10-7)1-2-13-6/h1-2,4H,3H2,(H,11,12). The topological polar surface area (TPSA) is 76.2 Å². The number of rotatable bonds is 2. The zero-order valence-electron chi connectivity index (χ0n) is 6.60. The van der Waals surface area contributed by atoms with E-state index in [1.165, 1.54) is 12.5 Å². The molecule has 0 saturated heterocycles. The van der Waals surface area contributed by atoms with Crippen LogP contribution in [0.4, 0.5) is 0 Å². The van der Waals surface area contributed by atoms with Gasteiger partial charge in [0.15, 0.2) is 5.58 Å². The van der Waals surface area contributed by atoms with E-state index in [4.69, 9.17) is 9.52 Å². The van der Waals surface area contributed by atoms with E-state index in [0.29, 0.717) is 16.9 Å². The van der Waals surface area contributed by atoms with Gasteiger partial charge in [-0.2, -0.15) is 0 Å². The number of carbonyl (C=O) groups is 1. The van der Waals surface area contributed by atoms with E-state index in [-0.39, 0.29) is 6.42 Å². The van der Waals surface area contributed by atoms with Gasteiger partial charge in [-0.25, -0.2) is 9.97 Å². The Kier molecular flexibility index (Phi) is 1.70. The Morgan fingerprint density at radius 3 is 3.23 bits per heavy atom. The summed E-state index contributed by atoms with van der Waals surface area (Å²) in [6, 6.07) is 1.67. The molecule has 0 radical (unpaired) electrons. The zero-order valence-corrected chi connectivity index (χ0v) is 6.60. The smallest absolute Gasteiger partial charge is 0.311 e. The first-order valence-electron chi connectivity index (χ1n) is 3.66. The third kappa shape index (κ3) is 1.48. The number of aromatic nitrogens is 2. The van der Waals surface area contributed by atoms with Gasteiger partial charge in [-0.15, -0.1) is 0 Å². The van der Waals surface area contributed by atoms with Gasteiger partial charge in [0, 0.05) is 6.07 Å². The molecule has 5 heteroatoms. The number of carboxylic acids is 1. The van der Waals surface area contributed by atoms with E-state index >= 15 is 0 Å². The van der Waals surface area contributed by atoms with Gasteiger partial charge < -0.3 is 9.52 Å². The summed E-state index contributed by atoms with van der Waals surface area (Å²) in [5.74, 6) is -0.649. The van der Waals surface area contributed by atoms with Crippen LogP contribution in [0.1, 0.15) is 5.82 Å². The van der Waals surface area contributed by atoms with E-state index in [1.807, 2.05) is 0 Å². The van der Waals surface area contributed by atoms with Crippen molar-refractivity contribution in [2.75, 3.05) is 0 Å². The van der Waals surface area contributed by atoms with Gasteiger partial charge in [0.25, 0.3) is 0 Å². The third-order valence-corrected chi connectivity index (χ3v) is 1.56. The van der Waals surface area contributed by atoms with Gasteiger partial charge in [0.2, 0.25) is 0 Å². The maximum atomic E-state index is 10.3. The summed E-state index contributed by atoms with van der Waals surface area (Å²) in [6.07, 6.45) is 2.80. The maximum Gasteiger partial charge on any atom is 0.311 e. The largest absolute Gasteiger partial charge is 0.481 e. The molecule has 0 spiro atoms. The summed E-state index contributed by atoms with van der Waals surface area (Å²) < 4.78 is 5.01. The SMILES string of the molecule is O=C(O)Cc1ncc2occc2n1. The predicted octanol–water partition coefficient (Wildman–Crippen LogP) is 0.850. The first-order chi connectivity index (χ1) is 6.25. The number of aliphatic carboxylic acids is 1. The number of hydrogen-bond acceptors (Lipinski definition) is 4. The lowest BCUT2D eigenvalue weighted by Gasteiger charge is -1.93. The van der Waals surface area contributed by atoms with Gasteiger partial charge in [-0.05, 0) is 0 Å². The average Bonchev–Trinajstić information content (AvgIpc) is 2.49. The summed E-state index contributed by atoms with van der Waals surface area (Å²) in [5, 5.41) is 8.49. The van der Waals surface area contributed by atoms with E-state index in [9.17, 15) is 4.79 Å². The Balaban J connectivity index is 2.42. The molecular weight excluding hydrogens is 172 g/mol. The molecule has 0 aliphatic heterocycles.